The number of amides is 2. The molecule has 172 valence electrons. The number of hydrogen-bond donors (Lipinski definition) is 2. The van der Waals surface area contributed by atoms with Gasteiger partial charge in [-0.05, 0) is 31.5 Å². The van der Waals surface area contributed by atoms with Crippen molar-refractivity contribution in [2.75, 3.05) is 25.6 Å². The van der Waals surface area contributed by atoms with Crippen molar-refractivity contribution in [3.8, 4) is 0 Å². The van der Waals surface area contributed by atoms with Crippen molar-refractivity contribution < 1.29 is 41.8 Å². The van der Waals surface area contributed by atoms with Gasteiger partial charge >= 0.3 is 18.1 Å². The lowest BCUT2D eigenvalue weighted by molar-refractivity contribution is -0.138. The van der Waals surface area contributed by atoms with E-state index < -0.39 is 47.7 Å². The van der Waals surface area contributed by atoms with Crippen LogP contribution in [0.3, 0.4) is 0 Å². The molecule has 0 atom stereocenters. The molecule has 0 saturated heterocycles. The maximum absolute atomic E-state index is 13.1. The summed E-state index contributed by atoms with van der Waals surface area (Å²) in [6.45, 7) is 2.21. The molecular weight excluding hydrogens is 453 g/mol. The average Bonchev–Trinajstić information content (AvgIpc) is 3.06. The van der Waals surface area contributed by atoms with E-state index in [1.165, 1.54) is 20.0 Å². The Bertz CT molecular complexity index is 1050. The smallest absolute Gasteiger partial charge is 0.417 e. The van der Waals surface area contributed by atoms with Gasteiger partial charge in [0.1, 0.15) is 5.00 Å². The minimum atomic E-state index is -4.78. The van der Waals surface area contributed by atoms with E-state index in [4.69, 9.17) is 9.47 Å². The van der Waals surface area contributed by atoms with Crippen molar-refractivity contribution in [3.63, 3.8) is 0 Å². The second kappa shape index (κ2) is 10.3. The highest BCUT2D eigenvalue weighted by Crippen LogP contribution is 2.34. The number of hydrogen-bond acceptors (Lipinski definition) is 7. The molecule has 0 aliphatic carbocycles. The quantitative estimate of drug-likeness (QED) is 0.598. The molecule has 0 radical (unpaired) electrons. The number of ether oxygens (including phenoxy) is 2. The summed E-state index contributed by atoms with van der Waals surface area (Å²) in [4.78, 5) is 48.8. The maximum atomic E-state index is 13.1. The number of alkyl halides is 3. The highest BCUT2D eigenvalue weighted by atomic mass is 32.1. The van der Waals surface area contributed by atoms with Gasteiger partial charge in [0, 0.05) is 7.05 Å². The molecule has 2 aromatic rings. The molecule has 2 N–H and O–H groups in total. The predicted octanol–water partition coefficient (Wildman–Crippen LogP) is 3.41. The maximum Gasteiger partial charge on any atom is 0.417 e. The topological polar surface area (TPSA) is 111 Å². The third-order valence-corrected chi connectivity index (χ3v) is 5.31. The fourth-order valence-corrected chi connectivity index (χ4v) is 3.82. The van der Waals surface area contributed by atoms with E-state index in [9.17, 15) is 32.3 Å². The zero-order valence-electron chi connectivity index (χ0n) is 17.2. The molecule has 0 saturated carbocycles. The van der Waals surface area contributed by atoms with Crippen molar-refractivity contribution in [2.24, 2.45) is 0 Å². The minimum Gasteiger partial charge on any atom is -0.462 e. The molecule has 1 aromatic carbocycles. The van der Waals surface area contributed by atoms with Gasteiger partial charge in [-0.1, -0.05) is 12.1 Å². The molecule has 0 aliphatic heterocycles. The fourth-order valence-electron chi connectivity index (χ4n) is 2.66. The number of nitrogens with one attached hydrogen (secondary N) is 2. The number of carbonyl (C=O) groups excluding carboxylic acids is 4. The molecule has 8 nitrogen and oxygen atoms in total. The summed E-state index contributed by atoms with van der Waals surface area (Å²) >= 11 is 0.804. The van der Waals surface area contributed by atoms with E-state index in [0.717, 1.165) is 29.5 Å². The Balaban J connectivity index is 2.19. The number of rotatable bonds is 7. The summed E-state index contributed by atoms with van der Waals surface area (Å²) in [6.07, 6.45) is -4.78. The molecular formula is C20H19F3N2O6S. The third-order valence-electron chi connectivity index (χ3n) is 4.10. The molecule has 1 heterocycles. The molecule has 32 heavy (non-hydrogen) atoms. The normalized spacial score (nSPS) is 10.9. The van der Waals surface area contributed by atoms with Gasteiger partial charge in [-0.3, -0.25) is 9.59 Å². The van der Waals surface area contributed by atoms with Crippen molar-refractivity contribution in [1.82, 2.24) is 5.32 Å². The molecule has 1 aromatic heterocycles. The van der Waals surface area contributed by atoms with E-state index in [1.54, 1.807) is 6.92 Å². The third kappa shape index (κ3) is 5.63. The molecule has 2 amide bonds. The molecule has 0 spiro atoms. The van der Waals surface area contributed by atoms with Crippen LogP contribution in [0.5, 0.6) is 0 Å². The largest absolute Gasteiger partial charge is 0.462 e. The van der Waals surface area contributed by atoms with Gasteiger partial charge < -0.3 is 20.1 Å². The van der Waals surface area contributed by atoms with Crippen LogP contribution in [0.4, 0.5) is 18.2 Å². The van der Waals surface area contributed by atoms with Crippen molar-refractivity contribution in [1.29, 1.82) is 0 Å². The second-order valence-corrected chi connectivity index (χ2v) is 7.25. The Morgan fingerprint density at radius 2 is 1.72 bits per heavy atom. The zero-order valence-corrected chi connectivity index (χ0v) is 18.0. The number of thiophene rings is 1. The Kier molecular flexibility index (Phi) is 7.97. The number of benzene rings is 1. The lowest BCUT2D eigenvalue weighted by Gasteiger charge is -2.12. The molecule has 0 unspecified atom stereocenters. The van der Waals surface area contributed by atoms with E-state index in [0.29, 0.717) is 0 Å². The van der Waals surface area contributed by atoms with Gasteiger partial charge in [0.25, 0.3) is 11.8 Å². The minimum absolute atomic E-state index is 0.0173. The standard InChI is InChI=1S/C20H19F3N2O6S/c1-4-30-19(29)14-10(2)15(16(27)24-3)32-17(14)25-13(26)9-31-18(28)11-7-5-6-8-12(11)20(21,22)23/h5-8H,4,9H2,1-3H3,(H,24,27)(H,25,26). The predicted molar refractivity (Wildman–Crippen MR) is 109 cm³/mol. The molecule has 2 rings (SSSR count). The molecule has 12 heteroatoms. The van der Waals surface area contributed by atoms with Crippen LogP contribution in [0.25, 0.3) is 0 Å². The van der Waals surface area contributed by atoms with Crippen LogP contribution >= 0.6 is 11.3 Å². The molecule has 0 aliphatic rings. The van der Waals surface area contributed by atoms with Crippen molar-refractivity contribution in [2.45, 2.75) is 20.0 Å². The Labute approximate surface area is 184 Å². The summed E-state index contributed by atoms with van der Waals surface area (Å²) in [5.74, 6) is -3.53. The van der Waals surface area contributed by atoms with Crippen LogP contribution < -0.4 is 10.6 Å². The molecule has 0 bridgehead atoms. The van der Waals surface area contributed by atoms with Gasteiger partial charge in [0.15, 0.2) is 6.61 Å². The first-order valence-electron chi connectivity index (χ1n) is 9.17. The van der Waals surface area contributed by atoms with Crippen LogP contribution in [0.2, 0.25) is 0 Å². The van der Waals surface area contributed by atoms with Crippen molar-refractivity contribution in [3.05, 3.63) is 51.4 Å². The van der Waals surface area contributed by atoms with E-state index in [2.05, 4.69) is 10.6 Å². The SMILES string of the molecule is CCOC(=O)c1c(NC(=O)COC(=O)c2ccccc2C(F)(F)F)sc(C(=O)NC)c1C. The van der Waals surface area contributed by atoms with Crippen LogP contribution in [0, 0.1) is 6.92 Å². The summed E-state index contributed by atoms with van der Waals surface area (Å²) < 4.78 is 48.8. The first-order chi connectivity index (χ1) is 15.0. The lowest BCUT2D eigenvalue weighted by atomic mass is 10.1. The number of esters is 2. The highest BCUT2D eigenvalue weighted by molar-refractivity contribution is 7.18. The highest BCUT2D eigenvalue weighted by Gasteiger charge is 2.35. The van der Waals surface area contributed by atoms with Gasteiger partial charge in [-0.15, -0.1) is 11.3 Å². The van der Waals surface area contributed by atoms with E-state index in [-0.39, 0.29) is 27.6 Å². The summed E-state index contributed by atoms with van der Waals surface area (Å²) in [7, 11) is 1.39. The van der Waals surface area contributed by atoms with Gasteiger partial charge in [-0.25, -0.2) is 9.59 Å². The summed E-state index contributed by atoms with van der Waals surface area (Å²) in [6, 6.07) is 4.00. The zero-order chi connectivity index (χ0) is 24.1. The summed E-state index contributed by atoms with van der Waals surface area (Å²) in [5, 5.41) is 4.73. The van der Waals surface area contributed by atoms with Gasteiger partial charge in [-0.2, -0.15) is 13.2 Å². The lowest BCUT2D eigenvalue weighted by Crippen LogP contribution is -2.23. The number of carbonyl (C=O) groups is 4. The Morgan fingerprint density at radius 1 is 1.06 bits per heavy atom. The van der Waals surface area contributed by atoms with Gasteiger partial charge in [0.05, 0.1) is 28.2 Å². The van der Waals surface area contributed by atoms with E-state index >= 15 is 0 Å². The first kappa shape index (κ1) is 24.9. The first-order valence-corrected chi connectivity index (χ1v) is 9.98. The monoisotopic (exact) mass is 472 g/mol. The number of halogens is 3. The van der Waals surface area contributed by atoms with E-state index in [1.807, 2.05) is 0 Å². The average molecular weight is 472 g/mol. The summed E-state index contributed by atoms with van der Waals surface area (Å²) in [5.41, 5.74) is -1.70. The van der Waals surface area contributed by atoms with Crippen LogP contribution in [0.1, 0.15) is 48.4 Å². The van der Waals surface area contributed by atoms with Crippen molar-refractivity contribution >= 4 is 40.1 Å². The van der Waals surface area contributed by atoms with Crippen LogP contribution in [-0.4, -0.2) is 44.0 Å². The molecule has 0 fully saturated rings. The Hall–Kier alpha value is -3.41. The second-order valence-electron chi connectivity index (χ2n) is 6.23. The Morgan fingerprint density at radius 3 is 2.31 bits per heavy atom. The van der Waals surface area contributed by atoms with Gasteiger partial charge in [0.2, 0.25) is 0 Å². The fraction of sp³-hybridized carbons (Fsp3) is 0.300. The van der Waals surface area contributed by atoms with Crippen LogP contribution in [0.15, 0.2) is 24.3 Å². The number of anilines is 1. The van der Waals surface area contributed by atoms with Crippen LogP contribution in [-0.2, 0) is 20.4 Å².